The Morgan fingerprint density at radius 2 is 0.290 bits per heavy atom. The minimum Gasteiger partial charge on any atom is -0.0654 e. The Hall–Kier alpha value is 0.766. The van der Waals surface area contributed by atoms with Crippen molar-refractivity contribution < 1.29 is 0 Å². The molecule has 0 bridgehead atoms. The third kappa shape index (κ3) is 53.7. The fourth-order valence-electron chi connectivity index (χ4n) is 3.62. The molecule has 0 aromatic heterocycles. The first-order valence-electron chi connectivity index (χ1n) is 14.7. The van der Waals surface area contributed by atoms with Crippen molar-refractivity contribution >= 4 is 23.1 Å². The van der Waals surface area contributed by atoms with E-state index in [1.807, 2.05) is 0 Å². The molecule has 0 aliphatic rings. The van der Waals surface area contributed by atoms with Crippen molar-refractivity contribution in [1.82, 2.24) is 0 Å². The molecule has 0 aromatic rings. The number of hydrogen-bond donors (Lipinski definition) is 0. The maximum Gasteiger partial charge on any atom is 0.316 e. The third-order valence-corrected chi connectivity index (χ3v) is 5.87. The molecular formula is C30H68Mg. The van der Waals surface area contributed by atoms with E-state index in [0.29, 0.717) is 0 Å². The van der Waals surface area contributed by atoms with Crippen molar-refractivity contribution in [3.05, 3.63) is 0 Å². The highest BCUT2D eigenvalue weighted by molar-refractivity contribution is 5.75. The van der Waals surface area contributed by atoms with Gasteiger partial charge in [-0.3, -0.25) is 0 Å². The van der Waals surface area contributed by atoms with Crippen LogP contribution in [0.1, 0.15) is 196 Å². The quantitative estimate of drug-likeness (QED) is 0.120. The molecule has 0 heterocycles. The van der Waals surface area contributed by atoms with Gasteiger partial charge in [0, 0.05) is 0 Å². The summed E-state index contributed by atoms with van der Waals surface area (Å²) >= 11 is 0. The van der Waals surface area contributed by atoms with Crippen LogP contribution in [-0.4, -0.2) is 23.1 Å². The van der Waals surface area contributed by atoms with Crippen LogP contribution in [0.5, 0.6) is 0 Å². The van der Waals surface area contributed by atoms with E-state index in [1.165, 1.54) is 154 Å². The normalized spacial score (nSPS) is 9.87. The molecule has 190 valence electrons. The second-order valence-corrected chi connectivity index (χ2v) is 9.36. The summed E-state index contributed by atoms with van der Waals surface area (Å²) in [6.45, 7) is 13.6. The van der Waals surface area contributed by atoms with Gasteiger partial charge in [-0.1, -0.05) is 196 Å². The highest BCUT2D eigenvalue weighted by Crippen LogP contribution is 2.09. The van der Waals surface area contributed by atoms with E-state index in [4.69, 9.17) is 0 Å². The van der Waals surface area contributed by atoms with Crippen molar-refractivity contribution in [2.75, 3.05) is 0 Å². The van der Waals surface area contributed by atoms with Crippen LogP contribution in [0.4, 0.5) is 0 Å². The second kappa shape index (κ2) is 44.4. The van der Waals surface area contributed by atoms with Gasteiger partial charge in [0.05, 0.1) is 0 Å². The summed E-state index contributed by atoms with van der Waals surface area (Å²) in [5.41, 5.74) is 0. The molecule has 31 heavy (non-hydrogen) atoms. The lowest BCUT2D eigenvalue weighted by molar-refractivity contribution is 0.585. The van der Waals surface area contributed by atoms with Crippen LogP contribution < -0.4 is 0 Å². The Bertz CT molecular complexity index is 164. The third-order valence-electron chi connectivity index (χ3n) is 5.87. The van der Waals surface area contributed by atoms with Crippen LogP contribution in [0.2, 0.25) is 0 Å². The molecule has 0 N–H and O–H groups in total. The van der Waals surface area contributed by atoms with Crippen LogP contribution in [0.25, 0.3) is 0 Å². The first-order valence-corrected chi connectivity index (χ1v) is 14.7. The van der Waals surface area contributed by atoms with Gasteiger partial charge >= 0.3 is 23.1 Å². The lowest BCUT2D eigenvalue weighted by atomic mass is 10.1. The van der Waals surface area contributed by atoms with Gasteiger partial charge < -0.3 is 0 Å². The van der Waals surface area contributed by atoms with E-state index in [0.717, 1.165) is 0 Å². The molecule has 0 saturated carbocycles. The Balaban J connectivity index is -0.000000174. The fraction of sp³-hybridized carbons (Fsp3) is 1.00. The van der Waals surface area contributed by atoms with Crippen molar-refractivity contribution in [1.29, 1.82) is 0 Å². The molecule has 0 nitrogen and oxygen atoms in total. The van der Waals surface area contributed by atoms with Crippen LogP contribution >= 0.6 is 0 Å². The largest absolute Gasteiger partial charge is 0.316 e. The minimum absolute atomic E-state index is 0. The van der Waals surface area contributed by atoms with Crippen LogP contribution in [-0.2, 0) is 0 Å². The monoisotopic (exact) mass is 453 g/mol. The molecule has 0 aliphatic carbocycles. The van der Waals surface area contributed by atoms with Gasteiger partial charge in [-0.2, -0.15) is 0 Å². The highest BCUT2D eigenvalue weighted by Gasteiger charge is 1.89. The predicted octanol–water partition coefficient (Wildman–Crippen LogP) is 11.5. The van der Waals surface area contributed by atoms with E-state index >= 15 is 0 Å². The van der Waals surface area contributed by atoms with E-state index in [1.54, 1.807) is 0 Å². The van der Waals surface area contributed by atoms with Gasteiger partial charge in [0.2, 0.25) is 0 Å². The number of hydrogen-bond acceptors (Lipinski definition) is 0. The molecular weight excluding hydrogens is 385 g/mol. The second-order valence-electron chi connectivity index (χ2n) is 9.36. The van der Waals surface area contributed by atoms with E-state index in [9.17, 15) is 0 Å². The highest BCUT2D eigenvalue weighted by atomic mass is 24.3. The smallest absolute Gasteiger partial charge is 0.0654 e. The number of rotatable bonds is 21. The lowest BCUT2D eigenvalue weighted by Gasteiger charge is -1.97. The summed E-state index contributed by atoms with van der Waals surface area (Å²) in [6.07, 6.45) is 34.4. The molecule has 0 aromatic carbocycles. The first-order chi connectivity index (χ1) is 14.7. The van der Waals surface area contributed by atoms with Gasteiger partial charge in [-0.25, -0.2) is 0 Å². The maximum absolute atomic E-state index is 2.27. The Labute approximate surface area is 218 Å². The first kappa shape index (κ1) is 39.0. The molecule has 0 amide bonds. The average molecular weight is 453 g/mol. The minimum atomic E-state index is 0. The molecule has 0 unspecified atom stereocenters. The van der Waals surface area contributed by atoms with Crippen LogP contribution in [0.15, 0.2) is 0 Å². The topological polar surface area (TPSA) is 0 Å². The van der Waals surface area contributed by atoms with E-state index in [2.05, 4.69) is 41.5 Å². The van der Waals surface area contributed by atoms with Crippen LogP contribution in [0.3, 0.4) is 0 Å². The molecule has 0 radical (unpaired) electrons. The fourth-order valence-corrected chi connectivity index (χ4v) is 3.62. The van der Waals surface area contributed by atoms with Gasteiger partial charge in [-0.15, -0.1) is 0 Å². The Kier molecular flexibility index (Phi) is 55.9. The molecule has 1 heteroatoms. The molecule has 0 saturated heterocycles. The molecule has 0 rings (SSSR count). The average Bonchev–Trinajstić information content (AvgIpc) is 2.77. The zero-order valence-corrected chi connectivity index (χ0v) is 23.0. The van der Waals surface area contributed by atoms with E-state index in [-0.39, 0.29) is 23.1 Å². The van der Waals surface area contributed by atoms with Crippen LogP contribution in [0, 0.1) is 0 Å². The molecule has 0 spiro atoms. The summed E-state index contributed by atoms with van der Waals surface area (Å²) in [6, 6.07) is 0. The van der Waals surface area contributed by atoms with Crippen molar-refractivity contribution in [2.45, 2.75) is 196 Å². The van der Waals surface area contributed by atoms with Gasteiger partial charge in [0.1, 0.15) is 0 Å². The summed E-state index contributed by atoms with van der Waals surface area (Å²) in [7, 11) is 0. The SMILES string of the molecule is CCCCCCCCCC.CCCCCCCCCC.CCCCCCCCCC.[MgH2]. The summed E-state index contributed by atoms with van der Waals surface area (Å²) in [5, 5.41) is 0. The van der Waals surface area contributed by atoms with Crippen molar-refractivity contribution in [2.24, 2.45) is 0 Å². The van der Waals surface area contributed by atoms with E-state index < -0.39 is 0 Å². The lowest BCUT2D eigenvalue weighted by Crippen LogP contribution is -1.77. The molecule has 0 fully saturated rings. The van der Waals surface area contributed by atoms with Gasteiger partial charge in [0.25, 0.3) is 0 Å². The maximum atomic E-state index is 2.27. The summed E-state index contributed by atoms with van der Waals surface area (Å²) < 4.78 is 0. The molecule has 0 atom stereocenters. The summed E-state index contributed by atoms with van der Waals surface area (Å²) in [5.74, 6) is 0. The predicted molar refractivity (Wildman–Crippen MR) is 153 cm³/mol. The zero-order valence-electron chi connectivity index (χ0n) is 23.0. The van der Waals surface area contributed by atoms with Crippen molar-refractivity contribution in [3.63, 3.8) is 0 Å². The number of unbranched alkanes of at least 4 members (excludes halogenated alkanes) is 21. The molecule has 0 aliphatic heterocycles. The Morgan fingerprint density at radius 1 is 0.194 bits per heavy atom. The van der Waals surface area contributed by atoms with Crippen molar-refractivity contribution in [3.8, 4) is 0 Å². The summed E-state index contributed by atoms with van der Waals surface area (Å²) in [4.78, 5) is 0. The zero-order chi connectivity index (χ0) is 23.0. The Morgan fingerprint density at radius 3 is 0.387 bits per heavy atom. The standard InChI is InChI=1S/3C10H22.Mg.2H/c3*1-3-5-7-9-10-8-6-4-2;;;/h3*3-10H2,1-2H3;;;. The van der Waals surface area contributed by atoms with Gasteiger partial charge in [0.15, 0.2) is 0 Å². The van der Waals surface area contributed by atoms with Gasteiger partial charge in [-0.05, 0) is 0 Å².